The minimum atomic E-state index is -0.399. The van der Waals surface area contributed by atoms with Crippen LogP contribution in [0.25, 0.3) is 0 Å². The fourth-order valence-corrected chi connectivity index (χ4v) is 2.87. The van der Waals surface area contributed by atoms with Crippen LogP contribution < -0.4 is 0 Å². The van der Waals surface area contributed by atoms with Crippen LogP contribution in [0.2, 0.25) is 0 Å². The minimum Gasteiger partial charge on any atom is -0.388 e. The highest BCUT2D eigenvalue weighted by atomic mass is 16.3. The van der Waals surface area contributed by atoms with Crippen LogP contribution in [0.4, 0.5) is 0 Å². The van der Waals surface area contributed by atoms with Crippen molar-refractivity contribution in [3.05, 3.63) is 71.3 Å². The van der Waals surface area contributed by atoms with E-state index in [1.165, 1.54) is 11.1 Å². The van der Waals surface area contributed by atoms with Crippen LogP contribution in [0.15, 0.2) is 54.6 Å². The lowest BCUT2D eigenvalue weighted by Crippen LogP contribution is -2.25. The van der Waals surface area contributed by atoms with Gasteiger partial charge in [-0.1, -0.05) is 82.3 Å². The molecule has 0 amide bonds. The Morgan fingerprint density at radius 1 is 0.958 bits per heavy atom. The van der Waals surface area contributed by atoms with Gasteiger partial charge in [-0.05, 0) is 35.1 Å². The van der Waals surface area contributed by atoms with E-state index in [2.05, 4.69) is 81.1 Å². The van der Waals surface area contributed by atoms with E-state index < -0.39 is 6.10 Å². The Morgan fingerprint density at radius 3 is 2.12 bits per heavy atom. The third-order valence-corrected chi connectivity index (χ3v) is 4.58. The highest BCUT2D eigenvalue weighted by Gasteiger charge is 2.15. The number of rotatable bonds is 7. The standard InChI is InChI=1S/C22H31NO/c1-5-23(17-18-9-7-6-8-10-18)16-15-21(24)19-11-13-20(14-12-19)22(2,3)4/h6-14,21,24H,5,15-17H2,1-4H3. The highest BCUT2D eigenvalue weighted by Crippen LogP contribution is 2.25. The molecule has 0 spiro atoms. The molecule has 2 heteroatoms. The molecule has 0 aliphatic heterocycles. The summed E-state index contributed by atoms with van der Waals surface area (Å²) in [5, 5.41) is 10.5. The maximum absolute atomic E-state index is 10.5. The van der Waals surface area contributed by atoms with Crippen molar-refractivity contribution in [1.82, 2.24) is 4.90 Å². The first-order chi connectivity index (χ1) is 11.4. The fourth-order valence-electron chi connectivity index (χ4n) is 2.87. The van der Waals surface area contributed by atoms with Gasteiger partial charge in [-0.3, -0.25) is 4.90 Å². The van der Waals surface area contributed by atoms with Gasteiger partial charge in [-0.25, -0.2) is 0 Å². The monoisotopic (exact) mass is 325 g/mol. The zero-order valence-corrected chi connectivity index (χ0v) is 15.5. The number of nitrogens with zero attached hydrogens (tertiary/aromatic N) is 1. The summed E-state index contributed by atoms with van der Waals surface area (Å²) in [5.41, 5.74) is 3.79. The van der Waals surface area contributed by atoms with E-state index in [4.69, 9.17) is 0 Å². The van der Waals surface area contributed by atoms with E-state index in [0.717, 1.165) is 31.6 Å². The van der Waals surface area contributed by atoms with Crippen molar-refractivity contribution in [2.75, 3.05) is 13.1 Å². The zero-order chi connectivity index (χ0) is 17.6. The molecule has 0 saturated carbocycles. The molecule has 130 valence electrons. The zero-order valence-electron chi connectivity index (χ0n) is 15.5. The minimum absolute atomic E-state index is 0.151. The first-order valence-electron chi connectivity index (χ1n) is 8.95. The van der Waals surface area contributed by atoms with Gasteiger partial charge in [0.15, 0.2) is 0 Å². The van der Waals surface area contributed by atoms with Gasteiger partial charge in [-0.2, -0.15) is 0 Å². The lowest BCUT2D eigenvalue weighted by atomic mass is 9.86. The van der Waals surface area contributed by atoms with Crippen molar-refractivity contribution >= 4 is 0 Å². The maximum Gasteiger partial charge on any atom is 0.0802 e. The van der Waals surface area contributed by atoms with Crippen LogP contribution in [0.5, 0.6) is 0 Å². The van der Waals surface area contributed by atoms with E-state index in [9.17, 15) is 5.11 Å². The number of aliphatic hydroxyl groups is 1. The van der Waals surface area contributed by atoms with Crippen molar-refractivity contribution in [2.45, 2.75) is 52.2 Å². The van der Waals surface area contributed by atoms with Crippen LogP contribution in [-0.2, 0) is 12.0 Å². The smallest absolute Gasteiger partial charge is 0.0802 e. The Kier molecular flexibility index (Phi) is 6.59. The third kappa shape index (κ3) is 5.47. The second-order valence-electron chi connectivity index (χ2n) is 7.53. The topological polar surface area (TPSA) is 23.5 Å². The van der Waals surface area contributed by atoms with Gasteiger partial charge in [0.25, 0.3) is 0 Å². The number of hydrogen-bond acceptors (Lipinski definition) is 2. The van der Waals surface area contributed by atoms with Gasteiger partial charge < -0.3 is 5.11 Å². The van der Waals surface area contributed by atoms with Crippen LogP contribution in [0.1, 0.15) is 56.9 Å². The van der Waals surface area contributed by atoms with Crippen LogP contribution >= 0.6 is 0 Å². The molecule has 0 radical (unpaired) electrons. The summed E-state index contributed by atoms with van der Waals surface area (Å²) < 4.78 is 0. The van der Waals surface area contributed by atoms with Crippen molar-refractivity contribution in [3.63, 3.8) is 0 Å². The summed E-state index contributed by atoms with van der Waals surface area (Å²) in [6.07, 6.45) is 0.360. The first-order valence-corrected chi connectivity index (χ1v) is 8.95. The molecule has 0 heterocycles. The Balaban J connectivity index is 1.90. The predicted octanol–water partition coefficient (Wildman–Crippen LogP) is 4.93. The molecule has 1 N–H and O–H groups in total. The maximum atomic E-state index is 10.5. The SMILES string of the molecule is CCN(CCC(O)c1ccc(C(C)(C)C)cc1)Cc1ccccc1. The molecular formula is C22H31NO. The normalized spacial score (nSPS) is 13.2. The fraction of sp³-hybridized carbons (Fsp3) is 0.455. The highest BCUT2D eigenvalue weighted by molar-refractivity contribution is 5.28. The summed E-state index contributed by atoms with van der Waals surface area (Å²) in [6, 6.07) is 18.9. The van der Waals surface area contributed by atoms with E-state index in [-0.39, 0.29) is 5.41 Å². The third-order valence-electron chi connectivity index (χ3n) is 4.58. The van der Waals surface area contributed by atoms with Crippen molar-refractivity contribution in [3.8, 4) is 0 Å². The number of aliphatic hydroxyl groups excluding tert-OH is 1. The van der Waals surface area contributed by atoms with E-state index >= 15 is 0 Å². The predicted molar refractivity (Wildman–Crippen MR) is 102 cm³/mol. The van der Waals surface area contributed by atoms with Crippen molar-refractivity contribution in [1.29, 1.82) is 0 Å². The molecule has 0 aromatic heterocycles. The molecule has 0 saturated heterocycles. The lowest BCUT2D eigenvalue weighted by molar-refractivity contribution is 0.141. The Morgan fingerprint density at radius 2 is 1.58 bits per heavy atom. The quantitative estimate of drug-likeness (QED) is 0.780. The van der Waals surface area contributed by atoms with Gasteiger partial charge in [0.05, 0.1) is 6.10 Å². The average molecular weight is 325 g/mol. The van der Waals surface area contributed by atoms with Gasteiger partial charge in [-0.15, -0.1) is 0 Å². The largest absolute Gasteiger partial charge is 0.388 e. The Bertz CT molecular complexity index is 598. The van der Waals surface area contributed by atoms with Gasteiger partial charge in [0.1, 0.15) is 0 Å². The molecule has 0 fully saturated rings. The summed E-state index contributed by atoms with van der Waals surface area (Å²) in [5.74, 6) is 0. The summed E-state index contributed by atoms with van der Waals surface area (Å²) in [6.45, 7) is 11.6. The molecular weight excluding hydrogens is 294 g/mol. The molecule has 0 aliphatic rings. The van der Waals surface area contributed by atoms with Gasteiger partial charge in [0.2, 0.25) is 0 Å². The second kappa shape index (κ2) is 8.46. The molecule has 2 nitrogen and oxygen atoms in total. The molecule has 1 atom stereocenters. The van der Waals surface area contributed by atoms with E-state index in [0.29, 0.717) is 0 Å². The van der Waals surface area contributed by atoms with Gasteiger partial charge in [0, 0.05) is 13.1 Å². The molecule has 1 unspecified atom stereocenters. The average Bonchev–Trinajstić information content (AvgIpc) is 2.58. The van der Waals surface area contributed by atoms with Crippen molar-refractivity contribution in [2.24, 2.45) is 0 Å². The molecule has 24 heavy (non-hydrogen) atoms. The molecule has 0 bridgehead atoms. The summed E-state index contributed by atoms with van der Waals surface area (Å²) in [4.78, 5) is 2.38. The van der Waals surface area contributed by atoms with Gasteiger partial charge >= 0.3 is 0 Å². The summed E-state index contributed by atoms with van der Waals surface area (Å²) >= 11 is 0. The molecule has 2 rings (SSSR count). The molecule has 0 aliphatic carbocycles. The Labute approximate surface area is 147 Å². The lowest BCUT2D eigenvalue weighted by Gasteiger charge is -2.23. The number of hydrogen-bond donors (Lipinski definition) is 1. The van der Waals surface area contributed by atoms with E-state index in [1.54, 1.807) is 0 Å². The van der Waals surface area contributed by atoms with Crippen LogP contribution in [0, 0.1) is 0 Å². The first kappa shape index (κ1) is 18.7. The van der Waals surface area contributed by atoms with E-state index in [1.807, 2.05) is 6.07 Å². The molecule has 2 aromatic carbocycles. The number of benzene rings is 2. The van der Waals surface area contributed by atoms with Crippen LogP contribution in [0.3, 0.4) is 0 Å². The molecule has 2 aromatic rings. The Hall–Kier alpha value is -1.64. The van der Waals surface area contributed by atoms with Crippen LogP contribution in [-0.4, -0.2) is 23.1 Å². The second-order valence-corrected chi connectivity index (χ2v) is 7.53. The van der Waals surface area contributed by atoms with Crippen molar-refractivity contribution < 1.29 is 5.11 Å². The summed E-state index contributed by atoms with van der Waals surface area (Å²) in [7, 11) is 0.